The SMILES string of the molecule is CC(C)(C)c1cc(-n2c3ccccc3c3ccc(-c4cc(C(C)(C)C)cc(C(C)(C)C)c4O)cc32)nc(-n2c3ccccc3c3cccnc32)c1. The van der Waals surface area contributed by atoms with Gasteiger partial charge in [-0.05, 0) is 81.5 Å². The lowest BCUT2D eigenvalue weighted by molar-refractivity contribution is 0.446. The largest absolute Gasteiger partial charge is 0.507 e. The molecule has 0 unspecified atom stereocenters. The molecule has 256 valence electrons. The van der Waals surface area contributed by atoms with E-state index in [2.05, 4.69) is 169 Å². The monoisotopic (exact) mass is 670 g/mol. The molecule has 1 N–H and O–H groups in total. The van der Waals surface area contributed by atoms with E-state index in [1.54, 1.807) is 0 Å². The zero-order chi connectivity index (χ0) is 36.0. The molecule has 5 nitrogen and oxygen atoms in total. The minimum Gasteiger partial charge on any atom is -0.507 e. The number of hydrogen-bond acceptors (Lipinski definition) is 3. The first kappa shape index (κ1) is 32.8. The molecule has 0 fully saturated rings. The Labute approximate surface area is 300 Å². The van der Waals surface area contributed by atoms with Gasteiger partial charge in [0.25, 0.3) is 0 Å². The molecule has 8 aromatic rings. The van der Waals surface area contributed by atoms with Gasteiger partial charge < -0.3 is 5.11 Å². The fraction of sp³-hybridized carbons (Fsp3) is 0.261. The highest BCUT2D eigenvalue weighted by Gasteiger charge is 2.27. The summed E-state index contributed by atoms with van der Waals surface area (Å²) in [6.07, 6.45) is 1.86. The van der Waals surface area contributed by atoms with Crippen LogP contribution in [-0.4, -0.2) is 24.2 Å². The summed E-state index contributed by atoms with van der Waals surface area (Å²) in [6.45, 7) is 19.9. The second kappa shape index (κ2) is 11.3. The van der Waals surface area contributed by atoms with Crippen LogP contribution in [0.1, 0.15) is 79.0 Å². The van der Waals surface area contributed by atoms with Crippen LogP contribution in [0.5, 0.6) is 5.75 Å². The van der Waals surface area contributed by atoms with Crippen molar-refractivity contribution in [1.29, 1.82) is 0 Å². The molecule has 8 rings (SSSR count). The van der Waals surface area contributed by atoms with Gasteiger partial charge in [0.05, 0.1) is 16.6 Å². The molecule has 4 aromatic carbocycles. The fourth-order valence-corrected chi connectivity index (χ4v) is 7.44. The van der Waals surface area contributed by atoms with Gasteiger partial charge >= 0.3 is 0 Å². The summed E-state index contributed by atoms with van der Waals surface area (Å²) in [6, 6.07) is 36.6. The highest BCUT2D eigenvalue weighted by atomic mass is 16.3. The van der Waals surface area contributed by atoms with Crippen molar-refractivity contribution in [2.45, 2.75) is 78.6 Å². The Morgan fingerprint density at radius 3 is 1.71 bits per heavy atom. The Bertz CT molecular complexity index is 2600. The lowest BCUT2D eigenvalue weighted by atomic mass is 9.78. The summed E-state index contributed by atoms with van der Waals surface area (Å²) in [4.78, 5) is 10.4. The molecule has 0 atom stereocenters. The first-order valence-electron chi connectivity index (χ1n) is 17.9. The number of benzene rings is 4. The van der Waals surface area contributed by atoms with Gasteiger partial charge in [-0.15, -0.1) is 0 Å². The van der Waals surface area contributed by atoms with Crippen LogP contribution in [0.25, 0.3) is 66.5 Å². The second-order valence-electron chi connectivity index (χ2n) is 17.1. The molecule has 0 bridgehead atoms. The quantitative estimate of drug-likeness (QED) is 0.203. The molecule has 51 heavy (non-hydrogen) atoms. The number of phenols is 1. The van der Waals surface area contributed by atoms with Crippen LogP contribution >= 0.6 is 0 Å². The summed E-state index contributed by atoms with van der Waals surface area (Å²) in [5, 5.41) is 16.4. The molecule has 0 saturated carbocycles. The molecular formula is C46H46N4O. The first-order valence-corrected chi connectivity index (χ1v) is 17.9. The topological polar surface area (TPSA) is 55.9 Å². The lowest BCUT2D eigenvalue weighted by Gasteiger charge is -2.27. The van der Waals surface area contributed by atoms with Crippen LogP contribution < -0.4 is 0 Å². The van der Waals surface area contributed by atoms with Crippen LogP contribution in [-0.2, 0) is 16.2 Å². The van der Waals surface area contributed by atoms with Crippen LogP contribution in [0.2, 0.25) is 0 Å². The van der Waals surface area contributed by atoms with E-state index in [0.717, 1.165) is 72.1 Å². The molecule has 0 spiro atoms. The second-order valence-corrected chi connectivity index (χ2v) is 17.1. The van der Waals surface area contributed by atoms with Gasteiger partial charge in [0.15, 0.2) is 0 Å². The average molecular weight is 671 g/mol. The van der Waals surface area contributed by atoms with Gasteiger partial charge in [-0.2, -0.15) is 0 Å². The van der Waals surface area contributed by atoms with E-state index in [0.29, 0.717) is 5.75 Å². The van der Waals surface area contributed by atoms with E-state index in [-0.39, 0.29) is 16.2 Å². The van der Waals surface area contributed by atoms with Crippen molar-refractivity contribution in [3.63, 3.8) is 0 Å². The Hall–Kier alpha value is -5.42. The molecule has 4 heterocycles. The van der Waals surface area contributed by atoms with Crippen molar-refractivity contribution in [3.05, 3.63) is 126 Å². The van der Waals surface area contributed by atoms with Gasteiger partial charge in [-0.1, -0.05) is 117 Å². The van der Waals surface area contributed by atoms with Crippen molar-refractivity contribution in [1.82, 2.24) is 19.1 Å². The molecule has 0 saturated heterocycles. The van der Waals surface area contributed by atoms with Crippen LogP contribution in [0, 0.1) is 0 Å². The minimum atomic E-state index is -0.228. The van der Waals surface area contributed by atoms with E-state index in [4.69, 9.17) is 9.97 Å². The van der Waals surface area contributed by atoms with E-state index in [1.165, 1.54) is 11.1 Å². The van der Waals surface area contributed by atoms with E-state index >= 15 is 0 Å². The van der Waals surface area contributed by atoms with Crippen molar-refractivity contribution in [2.75, 3.05) is 0 Å². The Morgan fingerprint density at radius 2 is 1.06 bits per heavy atom. The predicted molar refractivity (Wildman–Crippen MR) is 214 cm³/mol. The zero-order valence-electron chi connectivity index (χ0n) is 31.1. The number of nitrogens with zero attached hydrogens (tertiary/aromatic N) is 4. The van der Waals surface area contributed by atoms with Crippen LogP contribution in [0.4, 0.5) is 0 Å². The van der Waals surface area contributed by atoms with Crippen molar-refractivity contribution in [3.8, 4) is 28.5 Å². The van der Waals surface area contributed by atoms with Crippen molar-refractivity contribution >= 4 is 43.7 Å². The van der Waals surface area contributed by atoms with Gasteiger partial charge in [0.2, 0.25) is 0 Å². The summed E-state index contributed by atoms with van der Waals surface area (Å²) in [5.41, 5.74) is 8.76. The highest BCUT2D eigenvalue weighted by Crippen LogP contribution is 2.44. The molecule has 4 aromatic heterocycles. The van der Waals surface area contributed by atoms with Crippen molar-refractivity contribution in [2.24, 2.45) is 0 Å². The Balaban J connectivity index is 1.45. The number of aromatic hydroxyl groups is 1. The molecule has 0 aliphatic carbocycles. The molecular weight excluding hydrogens is 625 g/mol. The summed E-state index contributed by atoms with van der Waals surface area (Å²) in [7, 11) is 0. The minimum absolute atomic E-state index is 0.0865. The maximum absolute atomic E-state index is 11.9. The summed E-state index contributed by atoms with van der Waals surface area (Å²) < 4.78 is 4.50. The molecule has 0 radical (unpaired) electrons. The van der Waals surface area contributed by atoms with Gasteiger partial charge in [-0.25, -0.2) is 9.97 Å². The maximum Gasteiger partial charge on any atom is 0.146 e. The number of rotatable bonds is 3. The smallest absolute Gasteiger partial charge is 0.146 e. The predicted octanol–water partition coefficient (Wildman–Crippen LogP) is 11.9. The Kier molecular flexibility index (Phi) is 7.26. The summed E-state index contributed by atoms with van der Waals surface area (Å²) >= 11 is 0. The number of phenolic OH excluding ortho intramolecular Hbond substituents is 1. The standard InChI is InChI=1S/C46H46N4O/c1-44(2,3)29-24-35(42(51)36(25-29)46(7,8)9)28-20-21-33-31-15-10-12-18-37(31)49(39(33)23-28)40-26-30(45(4,5)6)27-41(48-40)50-38-19-13-11-16-32(38)34-17-14-22-47-43(34)50/h10-27,51H,1-9H3. The summed E-state index contributed by atoms with van der Waals surface area (Å²) in [5.74, 6) is 2.01. The third kappa shape index (κ3) is 5.38. The van der Waals surface area contributed by atoms with Crippen LogP contribution in [0.3, 0.4) is 0 Å². The first-order chi connectivity index (χ1) is 24.1. The van der Waals surface area contributed by atoms with Gasteiger partial charge in [-0.3, -0.25) is 9.13 Å². The number of aromatic nitrogens is 4. The Morgan fingerprint density at radius 1 is 0.510 bits per heavy atom. The molecule has 0 aliphatic heterocycles. The van der Waals surface area contributed by atoms with E-state index in [1.807, 2.05) is 12.3 Å². The number of para-hydroxylation sites is 2. The molecule has 0 amide bonds. The lowest BCUT2D eigenvalue weighted by Crippen LogP contribution is -2.17. The van der Waals surface area contributed by atoms with Crippen LogP contribution in [0.15, 0.2) is 109 Å². The highest BCUT2D eigenvalue weighted by molar-refractivity contribution is 6.10. The normalized spacial score (nSPS) is 12.9. The molecule has 5 heteroatoms. The third-order valence-corrected chi connectivity index (χ3v) is 10.3. The van der Waals surface area contributed by atoms with Crippen molar-refractivity contribution < 1.29 is 5.11 Å². The number of fused-ring (bicyclic) bond motifs is 6. The molecule has 0 aliphatic rings. The number of pyridine rings is 2. The van der Waals surface area contributed by atoms with Gasteiger partial charge in [0, 0.05) is 38.9 Å². The van der Waals surface area contributed by atoms with Gasteiger partial charge in [0.1, 0.15) is 23.0 Å². The number of hydrogen-bond donors (Lipinski definition) is 1. The third-order valence-electron chi connectivity index (χ3n) is 10.3. The average Bonchev–Trinajstić information content (AvgIpc) is 3.59. The van der Waals surface area contributed by atoms with E-state index in [9.17, 15) is 5.11 Å². The fourth-order valence-electron chi connectivity index (χ4n) is 7.44. The van der Waals surface area contributed by atoms with E-state index < -0.39 is 0 Å². The zero-order valence-corrected chi connectivity index (χ0v) is 31.1. The maximum atomic E-state index is 11.9.